The van der Waals surface area contributed by atoms with Gasteiger partial charge < -0.3 is 15.4 Å². The molecule has 0 aliphatic carbocycles. The highest BCUT2D eigenvalue weighted by molar-refractivity contribution is 5.92. The van der Waals surface area contributed by atoms with Gasteiger partial charge in [-0.15, -0.1) is 12.4 Å². The molecule has 1 aliphatic heterocycles. The van der Waals surface area contributed by atoms with Gasteiger partial charge in [-0.2, -0.15) is 0 Å². The van der Waals surface area contributed by atoms with Crippen LogP contribution in [0.5, 0.6) is 11.5 Å². The first-order valence-corrected chi connectivity index (χ1v) is 9.05. The lowest BCUT2D eigenvalue weighted by Crippen LogP contribution is -2.32. The number of hydrogen-bond donors (Lipinski definition) is 2. The molecule has 1 saturated heterocycles. The Balaban J connectivity index is 0.00000243. The molecule has 0 aromatic heterocycles. The number of carbonyl (C=O) groups is 1. The predicted molar refractivity (Wildman–Crippen MR) is 108 cm³/mol. The monoisotopic (exact) mass is 374 g/mol. The van der Waals surface area contributed by atoms with Gasteiger partial charge >= 0.3 is 0 Å². The van der Waals surface area contributed by atoms with Crippen molar-refractivity contribution in [2.24, 2.45) is 11.8 Å². The second-order valence-corrected chi connectivity index (χ2v) is 6.73. The van der Waals surface area contributed by atoms with Crippen LogP contribution < -0.4 is 15.4 Å². The van der Waals surface area contributed by atoms with E-state index in [2.05, 4.69) is 17.6 Å². The molecule has 26 heavy (non-hydrogen) atoms. The summed E-state index contributed by atoms with van der Waals surface area (Å²) in [5, 5.41) is 6.40. The van der Waals surface area contributed by atoms with Crippen LogP contribution in [0, 0.1) is 11.8 Å². The summed E-state index contributed by atoms with van der Waals surface area (Å²) in [5.41, 5.74) is 0.717. The maximum atomic E-state index is 12.5. The summed E-state index contributed by atoms with van der Waals surface area (Å²) in [6.45, 7) is 4.30. The summed E-state index contributed by atoms with van der Waals surface area (Å²) < 4.78 is 5.91. The van der Waals surface area contributed by atoms with Gasteiger partial charge in [0.05, 0.1) is 5.69 Å². The Kier molecular flexibility index (Phi) is 7.95. The van der Waals surface area contributed by atoms with Crippen LogP contribution in [0.3, 0.4) is 0 Å². The molecule has 3 rings (SSSR count). The van der Waals surface area contributed by atoms with Crippen LogP contribution in [0.1, 0.15) is 26.2 Å². The number of nitrogens with one attached hydrogen (secondary N) is 2. The fourth-order valence-electron chi connectivity index (χ4n) is 3.35. The van der Waals surface area contributed by atoms with E-state index in [0.29, 0.717) is 29.7 Å². The highest BCUT2D eigenvalue weighted by Crippen LogP contribution is 2.30. The number of para-hydroxylation sites is 3. The number of piperidine rings is 1. The number of rotatable bonds is 6. The highest BCUT2D eigenvalue weighted by atomic mass is 35.5. The maximum Gasteiger partial charge on any atom is 0.224 e. The van der Waals surface area contributed by atoms with Crippen molar-refractivity contribution in [3.8, 4) is 11.5 Å². The van der Waals surface area contributed by atoms with Crippen LogP contribution in [0.4, 0.5) is 5.69 Å². The molecule has 1 aliphatic rings. The van der Waals surface area contributed by atoms with Gasteiger partial charge in [-0.1, -0.05) is 37.3 Å². The largest absolute Gasteiger partial charge is 0.455 e. The summed E-state index contributed by atoms with van der Waals surface area (Å²) in [6.07, 6.45) is 2.86. The summed E-state index contributed by atoms with van der Waals surface area (Å²) in [6, 6.07) is 17.2. The van der Waals surface area contributed by atoms with E-state index in [9.17, 15) is 4.79 Å². The third-order valence-corrected chi connectivity index (χ3v) is 4.83. The predicted octanol–water partition coefficient (Wildman–Crippen LogP) is 4.87. The Labute approximate surface area is 161 Å². The molecule has 0 bridgehead atoms. The van der Waals surface area contributed by atoms with E-state index >= 15 is 0 Å². The van der Waals surface area contributed by atoms with Crippen molar-refractivity contribution in [3.05, 3.63) is 54.6 Å². The lowest BCUT2D eigenvalue weighted by molar-refractivity contribution is -0.117. The van der Waals surface area contributed by atoms with E-state index in [1.807, 2.05) is 54.6 Å². The van der Waals surface area contributed by atoms with Crippen LogP contribution in [-0.4, -0.2) is 19.0 Å². The summed E-state index contributed by atoms with van der Waals surface area (Å²) >= 11 is 0. The number of benzene rings is 2. The average Bonchev–Trinajstić information content (AvgIpc) is 2.65. The Bertz CT molecular complexity index is 687. The molecule has 2 N–H and O–H groups in total. The van der Waals surface area contributed by atoms with Crippen molar-refractivity contribution in [3.63, 3.8) is 0 Å². The molecule has 140 valence electrons. The third-order valence-electron chi connectivity index (χ3n) is 4.83. The van der Waals surface area contributed by atoms with Gasteiger partial charge in [-0.25, -0.2) is 0 Å². The Morgan fingerprint density at radius 1 is 1.12 bits per heavy atom. The SMILES string of the molecule is CC(CC(=O)Nc1ccccc1Oc1ccccc1)C1CCNCC1.Cl. The first-order valence-electron chi connectivity index (χ1n) is 9.05. The van der Waals surface area contributed by atoms with Crippen LogP contribution >= 0.6 is 12.4 Å². The van der Waals surface area contributed by atoms with Crippen LogP contribution in [0.25, 0.3) is 0 Å². The minimum atomic E-state index is 0. The fraction of sp³-hybridized carbons (Fsp3) is 0.381. The van der Waals surface area contributed by atoms with Gasteiger partial charge in [0.15, 0.2) is 5.75 Å². The molecule has 1 heterocycles. The number of hydrogen-bond acceptors (Lipinski definition) is 3. The number of anilines is 1. The lowest BCUT2D eigenvalue weighted by atomic mass is 9.84. The number of carbonyl (C=O) groups excluding carboxylic acids is 1. The molecule has 5 heteroatoms. The van der Waals surface area contributed by atoms with Gasteiger partial charge in [-0.05, 0) is 62.0 Å². The minimum absolute atomic E-state index is 0. The van der Waals surface area contributed by atoms with Crippen LogP contribution in [-0.2, 0) is 4.79 Å². The van der Waals surface area contributed by atoms with E-state index in [1.165, 1.54) is 0 Å². The second kappa shape index (κ2) is 10.2. The fourth-order valence-corrected chi connectivity index (χ4v) is 3.35. The molecule has 1 unspecified atom stereocenters. The van der Waals surface area contributed by atoms with E-state index in [-0.39, 0.29) is 18.3 Å². The van der Waals surface area contributed by atoms with E-state index in [0.717, 1.165) is 31.7 Å². The molecule has 2 aromatic rings. The molecule has 0 radical (unpaired) electrons. The number of amides is 1. The van der Waals surface area contributed by atoms with Gasteiger partial charge in [0, 0.05) is 6.42 Å². The van der Waals surface area contributed by atoms with Gasteiger partial charge in [0.1, 0.15) is 5.75 Å². The minimum Gasteiger partial charge on any atom is -0.455 e. The van der Waals surface area contributed by atoms with Crippen LogP contribution in [0.2, 0.25) is 0 Å². The van der Waals surface area contributed by atoms with Crippen LogP contribution in [0.15, 0.2) is 54.6 Å². The molecular formula is C21H27ClN2O2. The first kappa shape index (κ1) is 20.3. The van der Waals surface area contributed by atoms with E-state index in [1.54, 1.807) is 0 Å². The summed E-state index contributed by atoms with van der Waals surface area (Å²) in [7, 11) is 0. The van der Waals surface area contributed by atoms with Crippen molar-refractivity contribution >= 4 is 24.0 Å². The van der Waals surface area contributed by atoms with Gasteiger partial charge in [0.2, 0.25) is 5.91 Å². The third kappa shape index (κ3) is 5.75. The molecule has 2 aromatic carbocycles. The first-order chi connectivity index (χ1) is 12.2. The van der Waals surface area contributed by atoms with E-state index in [4.69, 9.17) is 4.74 Å². The average molecular weight is 375 g/mol. The Morgan fingerprint density at radius 3 is 2.50 bits per heavy atom. The van der Waals surface area contributed by atoms with Gasteiger partial charge in [-0.3, -0.25) is 4.79 Å². The molecule has 1 amide bonds. The Hall–Kier alpha value is -2.04. The zero-order valence-corrected chi connectivity index (χ0v) is 15.9. The summed E-state index contributed by atoms with van der Waals surface area (Å²) in [5.74, 6) is 2.49. The zero-order chi connectivity index (χ0) is 17.5. The van der Waals surface area contributed by atoms with Crippen molar-refractivity contribution < 1.29 is 9.53 Å². The smallest absolute Gasteiger partial charge is 0.224 e. The zero-order valence-electron chi connectivity index (χ0n) is 15.1. The van der Waals surface area contributed by atoms with Crippen molar-refractivity contribution in [1.29, 1.82) is 0 Å². The molecule has 0 spiro atoms. The number of halogens is 1. The maximum absolute atomic E-state index is 12.5. The summed E-state index contributed by atoms with van der Waals surface area (Å²) in [4.78, 5) is 12.5. The van der Waals surface area contributed by atoms with Crippen molar-refractivity contribution in [2.75, 3.05) is 18.4 Å². The Morgan fingerprint density at radius 2 is 1.77 bits per heavy atom. The quantitative estimate of drug-likeness (QED) is 0.758. The second-order valence-electron chi connectivity index (χ2n) is 6.73. The normalized spacial score (nSPS) is 15.6. The van der Waals surface area contributed by atoms with E-state index < -0.39 is 0 Å². The molecule has 1 fully saturated rings. The topological polar surface area (TPSA) is 50.4 Å². The van der Waals surface area contributed by atoms with Gasteiger partial charge in [0.25, 0.3) is 0 Å². The molecular weight excluding hydrogens is 348 g/mol. The highest BCUT2D eigenvalue weighted by Gasteiger charge is 2.22. The molecule has 4 nitrogen and oxygen atoms in total. The molecule has 0 saturated carbocycles. The molecule has 1 atom stereocenters. The van der Waals surface area contributed by atoms with Crippen molar-refractivity contribution in [2.45, 2.75) is 26.2 Å². The lowest BCUT2D eigenvalue weighted by Gasteiger charge is -2.28. The number of ether oxygens (including phenoxy) is 1. The van der Waals surface area contributed by atoms with Crippen molar-refractivity contribution in [1.82, 2.24) is 5.32 Å². The standard InChI is InChI=1S/C21H26N2O2.ClH/c1-16(17-11-13-22-14-12-17)15-21(24)23-19-9-5-6-10-20(19)25-18-7-3-2-4-8-18;/h2-10,16-17,22H,11-15H2,1H3,(H,23,24);1H.